The molecule has 0 aliphatic heterocycles. The number of nitrogens with zero attached hydrogens (tertiary/aromatic N) is 3. The lowest BCUT2D eigenvalue weighted by atomic mass is 10.1. The lowest BCUT2D eigenvalue weighted by Gasteiger charge is -2.06. The molecule has 2 aromatic rings. The number of rotatable bonds is 4. The minimum absolute atomic E-state index is 0.201. The Hall–Kier alpha value is -2.65. The van der Waals surface area contributed by atoms with Crippen LogP contribution in [0.2, 0.25) is 0 Å². The first-order chi connectivity index (χ1) is 10.2. The van der Waals surface area contributed by atoms with Crippen LogP contribution in [0.15, 0.2) is 30.6 Å². The number of aromatic nitrogens is 3. The number of aliphatic hydroxyl groups excluding tert-OH is 1. The summed E-state index contributed by atoms with van der Waals surface area (Å²) < 4.78 is 1.86. The van der Waals surface area contributed by atoms with Gasteiger partial charge in [0.15, 0.2) is 5.82 Å². The number of amides is 1. The number of benzene rings is 1. The molecule has 0 unspecified atom stereocenters. The number of hydrogen-bond acceptors (Lipinski definition) is 4. The molecule has 0 aliphatic carbocycles. The molecular formula is C15H16N4O2. The van der Waals surface area contributed by atoms with Crippen LogP contribution < -0.4 is 5.32 Å². The van der Waals surface area contributed by atoms with E-state index in [2.05, 4.69) is 27.4 Å². The van der Waals surface area contributed by atoms with Gasteiger partial charge in [0, 0.05) is 17.7 Å². The molecule has 1 heterocycles. The predicted molar refractivity (Wildman–Crippen MR) is 77.3 cm³/mol. The van der Waals surface area contributed by atoms with E-state index in [0.29, 0.717) is 23.5 Å². The van der Waals surface area contributed by atoms with Gasteiger partial charge in [-0.15, -0.1) is 10.2 Å². The average Bonchev–Trinajstić information content (AvgIpc) is 2.98. The predicted octanol–water partition coefficient (Wildman–Crippen LogP) is 0.572. The molecule has 1 aromatic heterocycles. The monoisotopic (exact) mass is 284 g/mol. The normalized spacial score (nSPS) is 9.81. The molecule has 6 nitrogen and oxygen atoms in total. The highest BCUT2D eigenvalue weighted by Gasteiger charge is 2.08. The van der Waals surface area contributed by atoms with Crippen LogP contribution in [0.25, 0.3) is 0 Å². The first-order valence-electron chi connectivity index (χ1n) is 6.59. The van der Waals surface area contributed by atoms with E-state index in [1.54, 1.807) is 30.6 Å². The number of aliphatic hydroxyl groups is 1. The Morgan fingerprint density at radius 2 is 2.33 bits per heavy atom. The average molecular weight is 284 g/mol. The van der Waals surface area contributed by atoms with E-state index < -0.39 is 0 Å². The maximum absolute atomic E-state index is 12.1. The van der Waals surface area contributed by atoms with Gasteiger partial charge in [0.25, 0.3) is 5.91 Å². The molecule has 0 saturated carbocycles. The zero-order chi connectivity index (χ0) is 15.1. The molecule has 21 heavy (non-hydrogen) atoms. The van der Waals surface area contributed by atoms with Crippen LogP contribution in [0.1, 0.15) is 28.7 Å². The number of carbonyl (C=O) groups excluding carboxylic acids is 1. The molecule has 1 aromatic carbocycles. The Morgan fingerprint density at radius 3 is 3.10 bits per heavy atom. The van der Waals surface area contributed by atoms with Gasteiger partial charge in [-0.25, -0.2) is 0 Å². The highest BCUT2D eigenvalue weighted by molar-refractivity contribution is 5.94. The summed E-state index contributed by atoms with van der Waals surface area (Å²) in [6.07, 6.45) is 1.63. The minimum Gasteiger partial charge on any atom is -0.384 e. The Balaban J connectivity index is 2.03. The molecule has 0 aliphatic rings. The summed E-state index contributed by atoms with van der Waals surface area (Å²) in [7, 11) is 0. The Morgan fingerprint density at radius 1 is 1.48 bits per heavy atom. The molecule has 2 rings (SSSR count). The van der Waals surface area contributed by atoms with E-state index in [4.69, 9.17) is 5.11 Å². The topological polar surface area (TPSA) is 80.0 Å². The quantitative estimate of drug-likeness (QED) is 0.805. The van der Waals surface area contributed by atoms with Crippen molar-refractivity contribution in [1.29, 1.82) is 0 Å². The molecule has 1 amide bonds. The highest BCUT2D eigenvalue weighted by Crippen LogP contribution is 2.04. The second kappa shape index (κ2) is 7.22. The SMILES string of the molecule is CCn1cnnc1CNC(=O)c1cccc(C#CCO)c1. The van der Waals surface area contributed by atoms with Gasteiger partial charge in [-0.1, -0.05) is 17.9 Å². The molecule has 0 fully saturated rings. The van der Waals surface area contributed by atoms with Gasteiger partial charge in [0.1, 0.15) is 12.9 Å². The highest BCUT2D eigenvalue weighted by atomic mass is 16.2. The van der Waals surface area contributed by atoms with Gasteiger partial charge in [0.05, 0.1) is 6.54 Å². The zero-order valence-electron chi connectivity index (χ0n) is 11.7. The van der Waals surface area contributed by atoms with E-state index >= 15 is 0 Å². The fourth-order valence-electron chi connectivity index (χ4n) is 1.82. The summed E-state index contributed by atoms with van der Waals surface area (Å²) in [5.41, 5.74) is 1.20. The van der Waals surface area contributed by atoms with Gasteiger partial charge >= 0.3 is 0 Å². The molecule has 6 heteroatoms. The maximum atomic E-state index is 12.1. The van der Waals surface area contributed by atoms with Crippen LogP contribution in [0.3, 0.4) is 0 Å². The molecule has 0 atom stereocenters. The van der Waals surface area contributed by atoms with Gasteiger partial charge in [0.2, 0.25) is 0 Å². The van der Waals surface area contributed by atoms with E-state index in [9.17, 15) is 4.79 Å². The zero-order valence-corrected chi connectivity index (χ0v) is 11.7. The fourth-order valence-corrected chi connectivity index (χ4v) is 1.82. The Kier molecular flexibility index (Phi) is 5.07. The lowest BCUT2D eigenvalue weighted by Crippen LogP contribution is -2.24. The number of hydrogen-bond donors (Lipinski definition) is 2. The van der Waals surface area contributed by atoms with E-state index in [1.165, 1.54) is 0 Å². The van der Waals surface area contributed by atoms with Crippen LogP contribution in [0.4, 0.5) is 0 Å². The van der Waals surface area contributed by atoms with Gasteiger partial charge in [-0.3, -0.25) is 4.79 Å². The summed E-state index contributed by atoms with van der Waals surface area (Å²) in [5, 5.41) is 19.2. The van der Waals surface area contributed by atoms with Gasteiger partial charge in [-0.2, -0.15) is 0 Å². The largest absolute Gasteiger partial charge is 0.384 e. The van der Waals surface area contributed by atoms with Crippen LogP contribution in [0, 0.1) is 11.8 Å². The van der Waals surface area contributed by atoms with Crippen LogP contribution >= 0.6 is 0 Å². The Bertz CT molecular complexity index is 682. The van der Waals surface area contributed by atoms with Crippen molar-refractivity contribution >= 4 is 5.91 Å². The van der Waals surface area contributed by atoms with Gasteiger partial charge in [-0.05, 0) is 25.1 Å². The lowest BCUT2D eigenvalue weighted by molar-refractivity contribution is 0.0949. The first-order valence-corrected chi connectivity index (χ1v) is 6.59. The molecule has 0 bridgehead atoms. The van der Waals surface area contributed by atoms with E-state index in [1.807, 2.05) is 11.5 Å². The standard InChI is InChI=1S/C15H16N4O2/c1-2-19-11-17-18-14(19)10-16-15(21)13-7-3-5-12(9-13)6-4-8-20/h3,5,7,9,11,20H,2,8,10H2,1H3,(H,16,21). The third-order valence-electron chi connectivity index (χ3n) is 2.88. The molecule has 0 saturated heterocycles. The second-order valence-corrected chi connectivity index (χ2v) is 4.26. The van der Waals surface area contributed by atoms with Crippen molar-refractivity contribution in [3.63, 3.8) is 0 Å². The van der Waals surface area contributed by atoms with Crippen LogP contribution in [0.5, 0.6) is 0 Å². The number of carbonyl (C=O) groups is 1. The van der Waals surface area contributed by atoms with Crippen molar-refractivity contribution < 1.29 is 9.90 Å². The third kappa shape index (κ3) is 3.91. The summed E-state index contributed by atoms with van der Waals surface area (Å²) in [4.78, 5) is 12.1. The summed E-state index contributed by atoms with van der Waals surface area (Å²) in [6.45, 7) is 2.85. The summed E-state index contributed by atoms with van der Waals surface area (Å²) in [5.74, 6) is 5.83. The van der Waals surface area contributed by atoms with E-state index in [-0.39, 0.29) is 12.5 Å². The van der Waals surface area contributed by atoms with Crippen LogP contribution in [-0.2, 0) is 13.1 Å². The minimum atomic E-state index is -0.205. The van der Waals surface area contributed by atoms with E-state index in [0.717, 1.165) is 6.54 Å². The first kappa shape index (κ1) is 14.8. The Labute approximate surface area is 122 Å². The summed E-state index contributed by atoms with van der Waals surface area (Å²) in [6, 6.07) is 6.94. The fraction of sp³-hybridized carbons (Fsp3) is 0.267. The second-order valence-electron chi connectivity index (χ2n) is 4.26. The number of nitrogens with one attached hydrogen (secondary N) is 1. The van der Waals surface area contributed by atoms with Gasteiger partial charge < -0.3 is 15.0 Å². The molecule has 0 spiro atoms. The molecule has 2 N–H and O–H groups in total. The number of aryl methyl sites for hydroxylation is 1. The molecule has 0 radical (unpaired) electrons. The molecule has 108 valence electrons. The third-order valence-corrected chi connectivity index (χ3v) is 2.88. The van der Waals surface area contributed by atoms with Crippen molar-refractivity contribution in [3.05, 3.63) is 47.5 Å². The van der Waals surface area contributed by atoms with Crippen molar-refractivity contribution in [1.82, 2.24) is 20.1 Å². The van der Waals surface area contributed by atoms with Crippen LogP contribution in [-0.4, -0.2) is 32.4 Å². The smallest absolute Gasteiger partial charge is 0.251 e. The van der Waals surface area contributed by atoms with Crippen molar-refractivity contribution in [3.8, 4) is 11.8 Å². The summed E-state index contributed by atoms with van der Waals surface area (Å²) >= 11 is 0. The molecular weight excluding hydrogens is 268 g/mol. The van der Waals surface area contributed by atoms with Crippen molar-refractivity contribution in [2.75, 3.05) is 6.61 Å². The van der Waals surface area contributed by atoms with Crippen molar-refractivity contribution in [2.45, 2.75) is 20.0 Å². The van der Waals surface area contributed by atoms with Crippen molar-refractivity contribution in [2.24, 2.45) is 0 Å². The maximum Gasteiger partial charge on any atom is 0.251 e.